The van der Waals surface area contributed by atoms with Crippen LogP contribution in [0.25, 0.3) is 77.2 Å². The highest BCUT2D eigenvalue weighted by atomic mass is 15.0. The molecule has 9 rings (SSSR count). The Morgan fingerprint density at radius 2 is 0.500 bits per heavy atom. The van der Waals surface area contributed by atoms with E-state index >= 15 is 0 Å². The summed E-state index contributed by atoms with van der Waals surface area (Å²) in [5.74, 6) is 0. The van der Waals surface area contributed by atoms with Crippen molar-refractivity contribution >= 4 is 43.6 Å². The summed E-state index contributed by atoms with van der Waals surface area (Å²) >= 11 is 0. The molecule has 2 aromatic heterocycles. The van der Waals surface area contributed by atoms with Crippen LogP contribution >= 0.6 is 0 Å². The number of rotatable bonds is 4. The second kappa shape index (κ2) is 14.8. The van der Waals surface area contributed by atoms with E-state index in [2.05, 4.69) is 241 Å². The highest BCUT2D eigenvalue weighted by Gasteiger charge is 2.24. The maximum absolute atomic E-state index is 2.46. The second-order valence-electron chi connectivity index (χ2n) is 22.9. The first kappa shape index (κ1) is 43.4. The number of nitrogens with zero attached hydrogens (tertiary/aromatic N) is 2. The van der Waals surface area contributed by atoms with E-state index in [1.807, 2.05) is 0 Å². The standard InChI is InChI=1S/C62H68N2/c1-37-38(2)58(42-19-27-48(28-20-42)64-55-31-23-45(61(11,12)13)35-51(55)52-36-46(62(14,15)16)24-32-56(52)64)40(4)39(3)57(37)41-17-25-47(26-18-41)63-53-29-21-43(59(5,6)7)33-49(53)50-34-44(60(8,9)10)22-30-54(50)63/h17-36H,1-16H3. The minimum atomic E-state index is 0.0678. The summed E-state index contributed by atoms with van der Waals surface area (Å²) in [6, 6.07) is 47.0. The molecule has 2 heteroatoms. The van der Waals surface area contributed by atoms with Crippen LogP contribution in [-0.2, 0) is 21.7 Å². The molecular weight excluding hydrogens is 773 g/mol. The van der Waals surface area contributed by atoms with E-state index in [0.29, 0.717) is 0 Å². The maximum atomic E-state index is 2.46. The summed E-state index contributed by atoms with van der Waals surface area (Å²) in [6.45, 7) is 36.9. The predicted octanol–water partition coefficient (Wildman–Crippen LogP) is 17.6. The molecule has 0 amide bonds. The van der Waals surface area contributed by atoms with Gasteiger partial charge in [-0.1, -0.05) is 132 Å². The molecule has 326 valence electrons. The van der Waals surface area contributed by atoms with Crippen LogP contribution in [0.4, 0.5) is 0 Å². The highest BCUT2D eigenvalue weighted by molar-refractivity contribution is 6.11. The lowest BCUT2D eigenvalue weighted by atomic mass is 9.83. The lowest BCUT2D eigenvalue weighted by Crippen LogP contribution is -2.10. The number of hydrogen-bond acceptors (Lipinski definition) is 0. The van der Waals surface area contributed by atoms with E-state index in [0.717, 1.165) is 0 Å². The Balaban J connectivity index is 1.10. The normalized spacial score (nSPS) is 13.0. The van der Waals surface area contributed by atoms with Crippen molar-refractivity contribution in [2.45, 2.75) is 132 Å². The first-order chi connectivity index (χ1) is 29.9. The van der Waals surface area contributed by atoms with Crippen molar-refractivity contribution in [2.75, 3.05) is 0 Å². The Morgan fingerprint density at radius 3 is 0.703 bits per heavy atom. The van der Waals surface area contributed by atoms with E-state index in [4.69, 9.17) is 0 Å². The molecule has 0 unspecified atom stereocenters. The fourth-order valence-electron chi connectivity index (χ4n) is 10.2. The van der Waals surface area contributed by atoms with Gasteiger partial charge in [0.15, 0.2) is 0 Å². The molecule has 0 spiro atoms. The molecule has 9 aromatic rings. The molecule has 2 nitrogen and oxygen atoms in total. The Hall–Kier alpha value is -5.86. The van der Waals surface area contributed by atoms with E-state index in [-0.39, 0.29) is 21.7 Å². The molecule has 0 N–H and O–H groups in total. The van der Waals surface area contributed by atoms with Crippen LogP contribution in [0.2, 0.25) is 0 Å². The van der Waals surface area contributed by atoms with Crippen LogP contribution in [0.3, 0.4) is 0 Å². The minimum Gasteiger partial charge on any atom is -0.309 e. The van der Waals surface area contributed by atoms with Gasteiger partial charge >= 0.3 is 0 Å². The first-order valence-corrected chi connectivity index (χ1v) is 23.4. The predicted molar refractivity (Wildman–Crippen MR) is 280 cm³/mol. The molecule has 0 fully saturated rings. The van der Waals surface area contributed by atoms with Gasteiger partial charge in [-0.25, -0.2) is 0 Å². The van der Waals surface area contributed by atoms with Crippen LogP contribution in [-0.4, -0.2) is 9.13 Å². The van der Waals surface area contributed by atoms with Gasteiger partial charge in [-0.05, 0) is 189 Å². The third kappa shape index (κ3) is 7.18. The smallest absolute Gasteiger partial charge is 0.0541 e. The number of benzene rings is 7. The number of aromatic nitrogens is 2. The zero-order valence-electron chi connectivity index (χ0n) is 41.4. The van der Waals surface area contributed by atoms with Gasteiger partial charge in [0.25, 0.3) is 0 Å². The van der Waals surface area contributed by atoms with Gasteiger partial charge < -0.3 is 9.13 Å². The quantitative estimate of drug-likeness (QED) is 0.167. The van der Waals surface area contributed by atoms with Crippen LogP contribution < -0.4 is 0 Å². The summed E-state index contributed by atoms with van der Waals surface area (Å²) in [6.07, 6.45) is 0. The van der Waals surface area contributed by atoms with Gasteiger partial charge in [-0.2, -0.15) is 0 Å². The lowest BCUT2D eigenvalue weighted by molar-refractivity contribution is 0.590. The molecule has 7 aromatic carbocycles. The van der Waals surface area contributed by atoms with Gasteiger partial charge in [-0.15, -0.1) is 0 Å². The molecule has 0 atom stereocenters. The Morgan fingerprint density at radius 1 is 0.281 bits per heavy atom. The topological polar surface area (TPSA) is 9.86 Å². The third-order valence-corrected chi connectivity index (χ3v) is 14.4. The monoisotopic (exact) mass is 841 g/mol. The maximum Gasteiger partial charge on any atom is 0.0541 e. The molecule has 0 radical (unpaired) electrons. The van der Waals surface area contributed by atoms with Gasteiger partial charge in [0, 0.05) is 32.9 Å². The van der Waals surface area contributed by atoms with Crippen molar-refractivity contribution < 1.29 is 0 Å². The molecule has 0 aliphatic carbocycles. The van der Waals surface area contributed by atoms with Crippen LogP contribution in [0.1, 0.15) is 128 Å². The fraction of sp³-hybridized carbons (Fsp3) is 0.323. The van der Waals surface area contributed by atoms with Crippen molar-refractivity contribution in [1.82, 2.24) is 9.13 Å². The second-order valence-corrected chi connectivity index (χ2v) is 22.9. The molecule has 64 heavy (non-hydrogen) atoms. The molecule has 0 saturated heterocycles. The van der Waals surface area contributed by atoms with Gasteiger partial charge in [0.05, 0.1) is 22.1 Å². The van der Waals surface area contributed by atoms with Crippen LogP contribution in [0.15, 0.2) is 121 Å². The average Bonchev–Trinajstić information content (AvgIpc) is 3.74. The SMILES string of the molecule is Cc1c(C)c(-c2ccc(-n3c4ccc(C(C)(C)C)cc4c4cc(C(C)(C)C)ccc43)cc2)c(C)c(C)c1-c1ccc(-n2c3ccc(C(C)(C)C)cc3c3cc(C(C)(C)C)ccc32)cc1. The van der Waals surface area contributed by atoms with E-state index < -0.39 is 0 Å². The van der Waals surface area contributed by atoms with Crippen molar-refractivity contribution in [3.8, 4) is 33.6 Å². The first-order valence-electron chi connectivity index (χ1n) is 23.4. The molecule has 0 bridgehead atoms. The third-order valence-electron chi connectivity index (χ3n) is 14.4. The Bertz CT molecular complexity index is 2900. The van der Waals surface area contributed by atoms with Crippen molar-refractivity contribution in [3.05, 3.63) is 166 Å². The van der Waals surface area contributed by atoms with Crippen molar-refractivity contribution in [2.24, 2.45) is 0 Å². The lowest BCUT2D eigenvalue weighted by Gasteiger charge is -2.22. The zero-order valence-corrected chi connectivity index (χ0v) is 41.4. The van der Waals surface area contributed by atoms with E-state index in [1.165, 1.54) is 122 Å². The Labute approximate surface area is 383 Å². The summed E-state index contributed by atoms with van der Waals surface area (Å²) in [5, 5.41) is 5.27. The number of fused-ring (bicyclic) bond motifs is 6. The molecular formula is C62H68N2. The van der Waals surface area contributed by atoms with Crippen molar-refractivity contribution in [3.63, 3.8) is 0 Å². The van der Waals surface area contributed by atoms with Crippen LogP contribution in [0.5, 0.6) is 0 Å². The summed E-state index contributed by atoms with van der Waals surface area (Å²) in [4.78, 5) is 0. The summed E-state index contributed by atoms with van der Waals surface area (Å²) in [7, 11) is 0. The van der Waals surface area contributed by atoms with E-state index in [9.17, 15) is 0 Å². The van der Waals surface area contributed by atoms with Gasteiger partial charge in [0.1, 0.15) is 0 Å². The molecule has 0 saturated carbocycles. The van der Waals surface area contributed by atoms with E-state index in [1.54, 1.807) is 0 Å². The fourth-order valence-corrected chi connectivity index (χ4v) is 10.2. The molecule has 0 aliphatic heterocycles. The summed E-state index contributed by atoms with van der Waals surface area (Å²) in [5.41, 5.74) is 23.6. The van der Waals surface area contributed by atoms with Crippen molar-refractivity contribution in [1.29, 1.82) is 0 Å². The van der Waals surface area contributed by atoms with Gasteiger partial charge in [0.2, 0.25) is 0 Å². The van der Waals surface area contributed by atoms with Gasteiger partial charge in [-0.3, -0.25) is 0 Å². The summed E-state index contributed by atoms with van der Waals surface area (Å²) < 4.78 is 4.92. The zero-order chi connectivity index (χ0) is 46.0. The molecule has 0 aliphatic rings. The largest absolute Gasteiger partial charge is 0.309 e. The van der Waals surface area contributed by atoms with Crippen LogP contribution in [0, 0.1) is 27.7 Å². The number of hydrogen-bond donors (Lipinski definition) is 0. The average molecular weight is 841 g/mol. The minimum absolute atomic E-state index is 0.0678. The Kier molecular flexibility index (Phi) is 10.1. The molecule has 2 heterocycles. The highest BCUT2D eigenvalue weighted by Crippen LogP contribution is 2.43.